The molecule has 0 aliphatic carbocycles. The van der Waals surface area contributed by atoms with E-state index >= 15 is 0 Å². The van der Waals surface area contributed by atoms with Gasteiger partial charge in [0.25, 0.3) is 0 Å². The van der Waals surface area contributed by atoms with Crippen LogP contribution in [0.25, 0.3) is 6.08 Å². The van der Waals surface area contributed by atoms with Crippen molar-refractivity contribution in [1.29, 1.82) is 0 Å². The van der Waals surface area contributed by atoms with Gasteiger partial charge in [0.2, 0.25) is 0 Å². The molecule has 1 aromatic rings. The van der Waals surface area contributed by atoms with Gasteiger partial charge in [-0.05, 0) is 24.6 Å². The molecule has 0 aliphatic rings. The van der Waals surface area contributed by atoms with Crippen molar-refractivity contribution in [2.75, 3.05) is 13.6 Å². The third-order valence-corrected chi connectivity index (χ3v) is 2.08. The minimum Gasteiger partial charge on any atom is -0.410 e. The van der Waals surface area contributed by atoms with Crippen LogP contribution in [0.2, 0.25) is 0 Å². The van der Waals surface area contributed by atoms with Crippen molar-refractivity contribution in [2.24, 2.45) is 0 Å². The summed E-state index contributed by atoms with van der Waals surface area (Å²) in [7, 11) is 1.69. The summed E-state index contributed by atoms with van der Waals surface area (Å²) in [5.41, 5.74) is 0.930. The second-order valence-corrected chi connectivity index (χ2v) is 3.16. The normalized spacial score (nSPS) is 9.47. The van der Waals surface area contributed by atoms with Crippen molar-refractivity contribution in [3.8, 4) is 5.75 Å². The van der Waals surface area contributed by atoms with Crippen LogP contribution in [0.3, 0.4) is 0 Å². The topological polar surface area (TPSA) is 29.5 Å². The molecule has 0 aliphatic heterocycles. The van der Waals surface area contributed by atoms with Crippen molar-refractivity contribution < 1.29 is 9.53 Å². The lowest BCUT2D eigenvalue weighted by atomic mass is 10.2. The second kappa shape index (κ2) is 5.20. The predicted molar refractivity (Wildman–Crippen MR) is 60.9 cm³/mol. The fraction of sp³-hybridized carbons (Fsp3) is 0.250. The smallest absolute Gasteiger partial charge is 0.410 e. The van der Waals surface area contributed by atoms with Crippen LogP contribution in [0.1, 0.15) is 12.5 Å². The Morgan fingerprint density at radius 3 is 2.93 bits per heavy atom. The lowest BCUT2D eigenvalue weighted by molar-refractivity contribution is 0.165. The Balaban J connectivity index is 2.72. The molecule has 0 radical (unpaired) electrons. The number of nitrogens with zero attached hydrogens (tertiary/aromatic N) is 1. The van der Waals surface area contributed by atoms with Gasteiger partial charge in [-0.1, -0.05) is 24.8 Å². The van der Waals surface area contributed by atoms with Crippen LogP contribution in [0.15, 0.2) is 30.8 Å². The van der Waals surface area contributed by atoms with E-state index in [1.165, 1.54) is 4.90 Å². The molecule has 0 atom stereocenters. The fourth-order valence-corrected chi connectivity index (χ4v) is 1.01. The van der Waals surface area contributed by atoms with E-state index in [9.17, 15) is 4.79 Å². The third kappa shape index (κ3) is 3.13. The van der Waals surface area contributed by atoms with E-state index in [1.54, 1.807) is 25.3 Å². The highest BCUT2D eigenvalue weighted by Crippen LogP contribution is 2.14. The zero-order chi connectivity index (χ0) is 11.3. The molecule has 15 heavy (non-hydrogen) atoms. The van der Waals surface area contributed by atoms with Gasteiger partial charge in [0.15, 0.2) is 0 Å². The van der Waals surface area contributed by atoms with E-state index in [0.29, 0.717) is 12.3 Å². The molecule has 3 nitrogen and oxygen atoms in total. The zero-order valence-corrected chi connectivity index (χ0v) is 9.06. The molecule has 3 heteroatoms. The van der Waals surface area contributed by atoms with E-state index in [0.717, 1.165) is 5.56 Å². The van der Waals surface area contributed by atoms with Crippen molar-refractivity contribution >= 4 is 12.2 Å². The van der Waals surface area contributed by atoms with Gasteiger partial charge in [0.05, 0.1) is 0 Å². The highest BCUT2D eigenvalue weighted by Gasteiger charge is 2.08. The molecular formula is C12H15NO2. The predicted octanol–water partition coefficient (Wildman–Crippen LogP) is 2.78. The summed E-state index contributed by atoms with van der Waals surface area (Å²) in [4.78, 5) is 12.9. The summed E-state index contributed by atoms with van der Waals surface area (Å²) in [6, 6.07) is 7.24. The molecule has 0 saturated carbocycles. The minimum absolute atomic E-state index is 0.348. The van der Waals surface area contributed by atoms with Gasteiger partial charge >= 0.3 is 6.09 Å². The summed E-state index contributed by atoms with van der Waals surface area (Å²) in [6.07, 6.45) is 1.36. The Morgan fingerprint density at radius 2 is 2.33 bits per heavy atom. The minimum atomic E-state index is -0.348. The molecule has 0 aromatic heterocycles. The quantitative estimate of drug-likeness (QED) is 0.759. The summed E-state index contributed by atoms with van der Waals surface area (Å²) in [6.45, 7) is 6.17. The fourth-order valence-electron chi connectivity index (χ4n) is 1.01. The second-order valence-electron chi connectivity index (χ2n) is 3.16. The molecule has 1 amide bonds. The highest BCUT2D eigenvalue weighted by molar-refractivity contribution is 5.70. The first-order valence-corrected chi connectivity index (χ1v) is 4.82. The first kappa shape index (κ1) is 11.3. The van der Waals surface area contributed by atoms with Gasteiger partial charge in [-0.3, -0.25) is 0 Å². The number of rotatable bonds is 3. The Bertz CT molecular complexity index is 360. The van der Waals surface area contributed by atoms with E-state index in [4.69, 9.17) is 4.74 Å². The van der Waals surface area contributed by atoms with E-state index in [2.05, 4.69) is 6.58 Å². The van der Waals surface area contributed by atoms with Crippen molar-refractivity contribution in [1.82, 2.24) is 4.90 Å². The van der Waals surface area contributed by atoms with Gasteiger partial charge in [-0.15, -0.1) is 0 Å². The SMILES string of the molecule is C=Cc1cccc(OC(=O)N(C)CC)c1. The molecule has 1 aromatic carbocycles. The van der Waals surface area contributed by atoms with Crippen LogP contribution in [0.4, 0.5) is 4.79 Å². The van der Waals surface area contributed by atoms with Gasteiger partial charge < -0.3 is 9.64 Å². The number of carbonyl (C=O) groups excluding carboxylic acids is 1. The molecule has 0 spiro atoms. The van der Waals surface area contributed by atoms with Crippen LogP contribution in [0, 0.1) is 0 Å². The number of hydrogen-bond acceptors (Lipinski definition) is 2. The largest absolute Gasteiger partial charge is 0.414 e. The molecular weight excluding hydrogens is 190 g/mol. The maximum absolute atomic E-state index is 11.4. The van der Waals surface area contributed by atoms with Gasteiger partial charge in [0.1, 0.15) is 5.75 Å². The molecule has 1 rings (SSSR count). The Kier molecular flexibility index (Phi) is 3.92. The monoisotopic (exact) mass is 205 g/mol. The molecule has 80 valence electrons. The van der Waals surface area contributed by atoms with Gasteiger partial charge in [0, 0.05) is 13.6 Å². The van der Waals surface area contributed by atoms with Crippen LogP contribution in [0.5, 0.6) is 5.75 Å². The highest BCUT2D eigenvalue weighted by atomic mass is 16.6. The molecule has 0 unspecified atom stereocenters. The van der Waals surface area contributed by atoms with E-state index < -0.39 is 0 Å². The Hall–Kier alpha value is -1.77. The molecule has 0 heterocycles. The zero-order valence-electron chi connectivity index (χ0n) is 9.06. The lowest BCUT2D eigenvalue weighted by Crippen LogP contribution is -2.29. The third-order valence-electron chi connectivity index (χ3n) is 2.08. The summed E-state index contributed by atoms with van der Waals surface area (Å²) < 4.78 is 5.15. The molecule has 0 saturated heterocycles. The van der Waals surface area contributed by atoms with Crippen LogP contribution in [-0.2, 0) is 0 Å². The maximum atomic E-state index is 11.4. The number of benzene rings is 1. The van der Waals surface area contributed by atoms with E-state index in [-0.39, 0.29) is 6.09 Å². The van der Waals surface area contributed by atoms with Gasteiger partial charge in [-0.25, -0.2) is 4.79 Å². The van der Waals surface area contributed by atoms with Crippen LogP contribution < -0.4 is 4.74 Å². The van der Waals surface area contributed by atoms with Crippen LogP contribution in [-0.4, -0.2) is 24.6 Å². The van der Waals surface area contributed by atoms with Gasteiger partial charge in [-0.2, -0.15) is 0 Å². The van der Waals surface area contributed by atoms with Crippen molar-refractivity contribution in [3.05, 3.63) is 36.4 Å². The number of ether oxygens (including phenoxy) is 1. The van der Waals surface area contributed by atoms with E-state index in [1.807, 2.05) is 19.1 Å². The van der Waals surface area contributed by atoms with Crippen molar-refractivity contribution in [2.45, 2.75) is 6.92 Å². The molecule has 0 bridgehead atoms. The first-order chi connectivity index (χ1) is 7.17. The number of hydrogen-bond donors (Lipinski definition) is 0. The number of carbonyl (C=O) groups is 1. The maximum Gasteiger partial charge on any atom is 0.414 e. The molecule has 0 fully saturated rings. The first-order valence-electron chi connectivity index (χ1n) is 4.82. The lowest BCUT2D eigenvalue weighted by Gasteiger charge is -2.14. The van der Waals surface area contributed by atoms with Crippen LogP contribution >= 0.6 is 0 Å². The summed E-state index contributed by atoms with van der Waals surface area (Å²) in [5, 5.41) is 0. The number of amides is 1. The average Bonchev–Trinajstić information content (AvgIpc) is 2.28. The van der Waals surface area contributed by atoms with Crippen molar-refractivity contribution in [3.63, 3.8) is 0 Å². The summed E-state index contributed by atoms with van der Waals surface area (Å²) in [5.74, 6) is 0.540. The standard InChI is InChI=1S/C12H15NO2/c1-4-10-7-6-8-11(9-10)15-12(14)13(3)5-2/h4,6-9H,1,5H2,2-3H3. The Labute approximate surface area is 90.0 Å². The summed E-state index contributed by atoms with van der Waals surface area (Å²) >= 11 is 0. The average molecular weight is 205 g/mol. The molecule has 0 N–H and O–H groups in total. The Morgan fingerprint density at radius 1 is 1.60 bits per heavy atom.